The fourth-order valence-corrected chi connectivity index (χ4v) is 7.90. The first-order valence-corrected chi connectivity index (χ1v) is 14.7. The molecule has 4 heterocycles. The highest BCUT2D eigenvalue weighted by molar-refractivity contribution is 6.17. The van der Waals surface area contributed by atoms with E-state index in [0.29, 0.717) is 0 Å². The summed E-state index contributed by atoms with van der Waals surface area (Å²) >= 11 is 0. The number of hydrogen-bond donors (Lipinski definition) is 0. The monoisotopic (exact) mass is 537 g/mol. The molecule has 0 bridgehead atoms. The fraction of sp³-hybridized carbons (Fsp3) is 0.0769. The van der Waals surface area contributed by atoms with Crippen LogP contribution in [0.4, 0.5) is 0 Å². The summed E-state index contributed by atoms with van der Waals surface area (Å²) < 4.78 is 7.45. The second kappa shape index (κ2) is 7.51. The van der Waals surface area contributed by atoms with Gasteiger partial charge in [-0.05, 0) is 64.7 Å². The Morgan fingerprint density at radius 2 is 1.12 bits per heavy atom. The van der Waals surface area contributed by atoms with E-state index in [9.17, 15) is 0 Å². The van der Waals surface area contributed by atoms with Crippen LogP contribution in [0.5, 0.6) is 0 Å². The summed E-state index contributed by atoms with van der Waals surface area (Å²) in [6.45, 7) is 4.72. The van der Waals surface area contributed by atoms with Gasteiger partial charge in [-0.15, -0.1) is 0 Å². The van der Waals surface area contributed by atoms with Crippen molar-refractivity contribution >= 4 is 54.9 Å². The lowest BCUT2D eigenvalue weighted by molar-refractivity contribution is 0.660. The molecule has 3 nitrogen and oxygen atoms in total. The summed E-state index contributed by atoms with van der Waals surface area (Å²) in [5.41, 5.74) is 15.2. The maximum atomic E-state index is 2.51. The maximum absolute atomic E-state index is 2.51. The Bertz CT molecular complexity index is 2600. The molecule has 1 aliphatic carbocycles. The molecule has 0 spiro atoms. The highest BCUT2D eigenvalue weighted by Gasteiger charge is 2.35. The van der Waals surface area contributed by atoms with Crippen molar-refractivity contribution in [3.63, 3.8) is 0 Å². The first-order valence-electron chi connectivity index (χ1n) is 14.7. The molecule has 5 aromatic carbocycles. The SMILES string of the molecule is CC1(C)c2ccccc2-c2ccc(-n3c4ccccc4c4c3c3cc5ccccc5n3c3cc5ccccc5n43)cc21. The summed E-state index contributed by atoms with van der Waals surface area (Å²) in [7, 11) is 0. The molecule has 0 unspecified atom stereocenters. The highest BCUT2D eigenvalue weighted by atomic mass is 15.1. The molecule has 0 radical (unpaired) electrons. The largest absolute Gasteiger partial charge is 0.306 e. The molecule has 0 saturated carbocycles. The molecule has 0 N–H and O–H groups in total. The Hall–Kier alpha value is -5.28. The average molecular weight is 538 g/mol. The van der Waals surface area contributed by atoms with Gasteiger partial charge in [-0.2, -0.15) is 0 Å². The Kier molecular flexibility index (Phi) is 4.01. The topological polar surface area (TPSA) is 13.8 Å². The lowest BCUT2D eigenvalue weighted by atomic mass is 9.82. The molecule has 0 amide bonds. The molecule has 0 atom stereocenters. The lowest BCUT2D eigenvalue weighted by Gasteiger charge is -2.22. The van der Waals surface area contributed by atoms with Gasteiger partial charge in [0.15, 0.2) is 0 Å². The van der Waals surface area contributed by atoms with Crippen molar-refractivity contribution in [2.45, 2.75) is 19.3 Å². The lowest BCUT2D eigenvalue weighted by Crippen LogP contribution is -2.15. The van der Waals surface area contributed by atoms with Crippen LogP contribution in [0.2, 0.25) is 0 Å². The first-order chi connectivity index (χ1) is 20.6. The van der Waals surface area contributed by atoms with E-state index in [2.05, 4.69) is 155 Å². The van der Waals surface area contributed by atoms with Gasteiger partial charge in [0.1, 0.15) is 5.65 Å². The van der Waals surface area contributed by atoms with Gasteiger partial charge in [0.25, 0.3) is 0 Å². The zero-order chi connectivity index (χ0) is 27.7. The van der Waals surface area contributed by atoms with Crippen molar-refractivity contribution in [3.05, 3.63) is 139 Å². The number of hydrogen-bond acceptors (Lipinski definition) is 0. The Morgan fingerprint density at radius 3 is 1.95 bits per heavy atom. The van der Waals surface area contributed by atoms with Crippen molar-refractivity contribution in [1.82, 2.24) is 13.4 Å². The summed E-state index contributed by atoms with van der Waals surface area (Å²) in [4.78, 5) is 0. The van der Waals surface area contributed by atoms with Gasteiger partial charge in [-0.3, -0.25) is 8.80 Å². The van der Waals surface area contributed by atoms with Crippen LogP contribution in [0.25, 0.3) is 71.7 Å². The summed E-state index contributed by atoms with van der Waals surface area (Å²) in [5, 5.41) is 3.76. The van der Waals surface area contributed by atoms with E-state index < -0.39 is 0 Å². The standard InChI is InChI=1S/C39H27N3/c1-39(2)30-15-7-5-13-27(30)28-20-19-26(23-31(28)39)40-34-18-10-6-14-29(34)37-38(40)35-21-24-11-3-8-16-32(24)41(35)36-22-25-12-4-9-17-33(25)42(36)37/h3-23H,1-2H3. The van der Waals surface area contributed by atoms with E-state index in [0.717, 1.165) is 0 Å². The highest BCUT2D eigenvalue weighted by Crippen LogP contribution is 2.49. The number of para-hydroxylation sites is 3. The smallest absolute Gasteiger partial charge is 0.123 e. The van der Waals surface area contributed by atoms with Crippen molar-refractivity contribution < 1.29 is 0 Å². The Labute approximate surface area is 242 Å². The summed E-state index contributed by atoms with van der Waals surface area (Å²) in [5.74, 6) is 0. The molecule has 0 saturated heterocycles. The molecular weight excluding hydrogens is 510 g/mol. The molecule has 3 heteroatoms. The van der Waals surface area contributed by atoms with Crippen molar-refractivity contribution in [2.75, 3.05) is 0 Å². The zero-order valence-corrected chi connectivity index (χ0v) is 23.5. The van der Waals surface area contributed by atoms with E-state index in [4.69, 9.17) is 0 Å². The van der Waals surface area contributed by atoms with Gasteiger partial charge in [-0.25, -0.2) is 0 Å². The minimum atomic E-state index is -0.0658. The Morgan fingerprint density at radius 1 is 0.476 bits per heavy atom. The van der Waals surface area contributed by atoms with Gasteiger partial charge in [0, 0.05) is 27.3 Å². The van der Waals surface area contributed by atoms with Gasteiger partial charge >= 0.3 is 0 Å². The maximum Gasteiger partial charge on any atom is 0.123 e. The third kappa shape index (κ3) is 2.58. The zero-order valence-electron chi connectivity index (χ0n) is 23.5. The minimum Gasteiger partial charge on any atom is -0.306 e. The van der Waals surface area contributed by atoms with Gasteiger partial charge in [0.05, 0.1) is 33.1 Å². The molecular formula is C39H27N3. The second-order valence-electron chi connectivity index (χ2n) is 12.3. The van der Waals surface area contributed by atoms with E-state index in [-0.39, 0.29) is 5.41 Å². The van der Waals surface area contributed by atoms with E-state index in [1.54, 1.807) is 0 Å². The molecule has 4 aromatic heterocycles. The van der Waals surface area contributed by atoms with Crippen LogP contribution in [0, 0.1) is 0 Å². The van der Waals surface area contributed by atoms with Crippen LogP contribution in [-0.2, 0) is 5.41 Å². The molecule has 10 rings (SSSR count). The number of rotatable bonds is 1. The van der Waals surface area contributed by atoms with Crippen LogP contribution < -0.4 is 0 Å². The van der Waals surface area contributed by atoms with Crippen LogP contribution in [0.3, 0.4) is 0 Å². The molecule has 1 aliphatic rings. The quantitative estimate of drug-likeness (QED) is 0.198. The molecule has 0 fully saturated rings. The van der Waals surface area contributed by atoms with E-state index in [1.165, 1.54) is 82.8 Å². The number of benzene rings is 5. The third-order valence-corrected chi connectivity index (χ3v) is 9.77. The molecule has 0 aliphatic heterocycles. The normalized spacial score (nSPS) is 14.1. The van der Waals surface area contributed by atoms with Crippen molar-refractivity contribution in [2.24, 2.45) is 0 Å². The molecule has 42 heavy (non-hydrogen) atoms. The second-order valence-corrected chi connectivity index (χ2v) is 12.3. The predicted octanol–water partition coefficient (Wildman–Crippen LogP) is 9.90. The van der Waals surface area contributed by atoms with Gasteiger partial charge in [-0.1, -0.05) is 98.8 Å². The van der Waals surface area contributed by atoms with E-state index >= 15 is 0 Å². The average Bonchev–Trinajstić information content (AvgIpc) is 3.74. The van der Waals surface area contributed by atoms with Crippen LogP contribution in [0.1, 0.15) is 25.0 Å². The third-order valence-electron chi connectivity index (χ3n) is 9.77. The fourth-order valence-electron chi connectivity index (χ4n) is 7.90. The van der Waals surface area contributed by atoms with Gasteiger partial charge in [0.2, 0.25) is 0 Å². The molecule has 9 aromatic rings. The summed E-state index contributed by atoms with van der Waals surface area (Å²) in [6, 6.07) is 47.1. The van der Waals surface area contributed by atoms with Crippen molar-refractivity contribution in [1.29, 1.82) is 0 Å². The van der Waals surface area contributed by atoms with Crippen LogP contribution >= 0.6 is 0 Å². The Balaban J connectivity index is 1.44. The minimum absolute atomic E-state index is 0.0658. The van der Waals surface area contributed by atoms with Gasteiger partial charge < -0.3 is 4.57 Å². The molecule has 198 valence electrons. The first kappa shape index (κ1) is 22.4. The predicted molar refractivity (Wildman–Crippen MR) is 175 cm³/mol. The van der Waals surface area contributed by atoms with Crippen LogP contribution in [-0.4, -0.2) is 13.4 Å². The van der Waals surface area contributed by atoms with Crippen molar-refractivity contribution in [3.8, 4) is 16.8 Å². The number of nitrogens with zero attached hydrogens (tertiary/aromatic N) is 3. The summed E-state index contributed by atoms with van der Waals surface area (Å²) in [6.07, 6.45) is 0. The van der Waals surface area contributed by atoms with Crippen LogP contribution in [0.15, 0.2) is 127 Å². The van der Waals surface area contributed by atoms with E-state index in [1.807, 2.05) is 0 Å². The number of fused-ring (bicyclic) bond motifs is 15. The number of aromatic nitrogens is 3.